The van der Waals surface area contributed by atoms with E-state index in [2.05, 4.69) is 33.5 Å². The molecule has 1 aliphatic heterocycles. The topological polar surface area (TPSA) is 90.3 Å². The number of thioether (sulfide) groups is 1. The van der Waals surface area contributed by atoms with Crippen LogP contribution < -0.4 is 20.1 Å². The number of aromatic nitrogens is 3. The van der Waals surface area contributed by atoms with Gasteiger partial charge in [-0.1, -0.05) is 30.8 Å². The van der Waals surface area contributed by atoms with Gasteiger partial charge in [0.1, 0.15) is 6.04 Å². The summed E-state index contributed by atoms with van der Waals surface area (Å²) in [5.74, 6) is 2.52. The van der Waals surface area contributed by atoms with E-state index in [-0.39, 0.29) is 12.0 Å². The average Bonchev–Trinajstić information content (AvgIpc) is 3.28. The van der Waals surface area contributed by atoms with Crippen LogP contribution in [0.2, 0.25) is 0 Å². The minimum atomic E-state index is -0.543. The smallest absolute Gasteiger partial charge is 0.255 e. The van der Waals surface area contributed by atoms with E-state index >= 15 is 0 Å². The van der Waals surface area contributed by atoms with Crippen molar-refractivity contribution in [2.24, 2.45) is 0 Å². The van der Waals surface area contributed by atoms with Crippen LogP contribution in [0.4, 0.5) is 11.6 Å². The van der Waals surface area contributed by atoms with Crippen molar-refractivity contribution in [3.63, 3.8) is 0 Å². The Morgan fingerprint density at radius 1 is 1.23 bits per heavy atom. The van der Waals surface area contributed by atoms with Gasteiger partial charge in [0.25, 0.3) is 5.91 Å². The molecule has 3 aromatic rings. The number of nitrogens with one attached hydrogen (secondary N) is 2. The molecule has 208 valence electrons. The van der Waals surface area contributed by atoms with Gasteiger partial charge in [0.05, 0.1) is 22.8 Å². The van der Waals surface area contributed by atoms with E-state index in [4.69, 9.17) is 19.6 Å². The Morgan fingerprint density at radius 3 is 2.69 bits per heavy atom. The summed E-state index contributed by atoms with van der Waals surface area (Å²) in [5, 5.41) is 12.0. The molecule has 1 unspecified atom stereocenters. The van der Waals surface area contributed by atoms with Gasteiger partial charge in [-0.25, -0.2) is 4.68 Å². The third-order valence-electron chi connectivity index (χ3n) is 6.37. The minimum Gasteiger partial charge on any atom is -0.490 e. The van der Waals surface area contributed by atoms with Crippen molar-refractivity contribution in [1.82, 2.24) is 14.8 Å². The standard InChI is InChI=1S/C29H36BrN5O3S/c1-8-13-39-29-33-28-31-19(7)24(27(36)32-22-12-10-11-17(5)18(22)6)25(35(28)34-29)20-14-21(30)26(38-16(3)4)23(15-20)37-9-2/h10-12,14-16,25H,8-9,13H2,1-7H3,(H,32,36)(H,31,33,34). The Balaban J connectivity index is 1.85. The van der Waals surface area contributed by atoms with Crippen LogP contribution in [-0.2, 0) is 4.79 Å². The first-order valence-corrected chi connectivity index (χ1v) is 15.0. The quantitative estimate of drug-likeness (QED) is 0.232. The van der Waals surface area contributed by atoms with Crippen molar-refractivity contribution in [3.8, 4) is 11.5 Å². The highest BCUT2D eigenvalue weighted by atomic mass is 79.9. The van der Waals surface area contributed by atoms with Gasteiger partial charge in [0, 0.05) is 17.1 Å². The number of ether oxygens (including phenoxy) is 2. The van der Waals surface area contributed by atoms with Crippen molar-refractivity contribution in [2.75, 3.05) is 23.0 Å². The van der Waals surface area contributed by atoms with Gasteiger partial charge in [-0.05, 0) is 98.8 Å². The van der Waals surface area contributed by atoms with Gasteiger partial charge in [0.15, 0.2) is 11.5 Å². The predicted octanol–water partition coefficient (Wildman–Crippen LogP) is 7.27. The lowest BCUT2D eigenvalue weighted by Gasteiger charge is -2.29. The molecule has 0 bridgehead atoms. The molecular weight excluding hydrogens is 578 g/mol. The first-order valence-electron chi connectivity index (χ1n) is 13.2. The van der Waals surface area contributed by atoms with Crippen molar-refractivity contribution >= 4 is 45.2 Å². The van der Waals surface area contributed by atoms with Crippen LogP contribution in [0.5, 0.6) is 11.5 Å². The lowest BCUT2D eigenvalue weighted by atomic mass is 9.94. The summed E-state index contributed by atoms with van der Waals surface area (Å²) < 4.78 is 14.6. The highest BCUT2D eigenvalue weighted by Gasteiger charge is 2.35. The molecule has 0 saturated carbocycles. The van der Waals surface area contributed by atoms with E-state index in [1.54, 1.807) is 16.4 Å². The SMILES string of the molecule is CCCSc1nc2n(n1)C(c1cc(Br)c(OC(C)C)c(OCC)c1)C(C(=O)Nc1cccc(C)c1C)=C(C)N2. The molecule has 2 aromatic carbocycles. The minimum absolute atomic E-state index is 0.0358. The van der Waals surface area contributed by atoms with Crippen LogP contribution in [0.25, 0.3) is 0 Å². The molecule has 1 aromatic heterocycles. The molecule has 2 N–H and O–H groups in total. The Labute approximate surface area is 243 Å². The second-order valence-electron chi connectivity index (χ2n) is 9.71. The van der Waals surface area contributed by atoms with Crippen molar-refractivity contribution in [1.29, 1.82) is 0 Å². The third kappa shape index (κ3) is 6.27. The molecule has 1 aliphatic rings. The second kappa shape index (κ2) is 12.5. The van der Waals surface area contributed by atoms with E-state index < -0.39 is 6.04 Å². The van der Waals surface area contributed by atoms with Crippen LogP contribution in [0, 0.1) is 13.8 Å². The monoisotopic (exact) mass is 613 g/mol. The molecule has 39 heavy (non-hydrogen) atoms. The fourth-order valence-electron chi connectivity index (χ4n) is 4.42. The van der Waals surface area contributed by atoms with Gasteiger partial charge in [0.2, 0.25) is 11.1 Å². The van der Waals surface area contributed by atoms with Crippen molar-refractivity contribution in [2.45, 2.75) is 72.2 Å². The molecule has 0 spiro atoms. The normalized spacial score (nSPS) is 14.7. The number of hydrogen-bond donors (Lipinski definition) is 2. The Bertz CT molecular complexity index is 1400. The van der Waals surface area contributed by atoms with Crippen LogP contribution in [0.1, 0.15) is 63.8 Å². The molecule has 10 heteroatoms. The molecule has 0 radical (unpaired) electrons. The summed E-state index contributed by atoms with van der Waals surface area (Å²) in [6.45, 7) is 14.4. The maximum Gasteiger partial charge on any atom is 0.255 e. The van der Waals surface area contributed by atoms with E-state index in [1.165, 1.54) is 0 Å². The summed E-state index contributed by atoms with van der Waals surface area (Å²) in [7, 11) is 0. The van der Waals surface area contributed by atoms with Crippen molar-refractivity contribution < 1.29 is 14.3 Å². The zero-order chi connectivity index (χ0) is 28.3. The highest BCUT2D eigenvalue weighted by Crippen LogP contribution is 2.43. The lowest BCUT2D eigenvalue weighted by Crippen LogP contribution is -2.31. The Kier molecular flexibility index (Phi) is 9.27. The number of hydrogen-bond acceptors (Lipinski definition) is 7. The third-order valence-corrected chi connectivity index (χ3v) is 8.00. The Morgan fingerprint density at radius 2 is 2.00 bits per heavy atom. The molecule has 0 aliphatic carbocycles. The number of allylic oxidation sites excluding steroid dienone is 1. The number of carbonyl (C=O) groups is 1. The lowest BCUT2D eigenvalue weighted by molar-refractivity contribution is -0.113. The molecule has 0 fully saturated rings. The van der Waals surface area contributed by atoms with Crippen LogP contribution in [0.3, 0.4) is 0 Å². The fourth-order valence-corrected chi connectivity index (χ4v) is 5.66. The predicted molar refractivity (Wildman–Crippen MR) is 161 cm³/mol. The van der Waals surface area contributed by atoms with Gasteiger partial charge in [-0.3, -0.25) is 4.79 Å². The largest absolute Gasteiger partial charge is 0.490 e. The summed E-state index contributed by atoms with van der Waals surface area (Å²) in [4.78, 5) is 18.7. The molecule has 8 nitrogen and oxygen atoms in total. The van der Waals surface area contributed by atoms with Crippen LogP contribution in [-0.4, -0.2) is 39.1 Å². The van der Waals surface area contributed by atoms with E-state index in [0.717, 1.165) is 39.0 Å². The second-order valence-corrected chi connectivity index (χ2v) is 11.6. The van der Waals surface area contributed by atoms with Gasteiger partial charge in [-0.2, -0.15) is 4.98 Å². The summed E-state index contributed by atoms with van der Waals surface area (Å²) in [6.07, 6.45) is 0.972. The zero-order valence-electron chi connectivity index (χ0n) is 23.5. The molecule has 1 atom stereocenters. The maximum atomic E-state index is 14.0. The summed E-state index contributed by atoms with van der Waals surface area (Å²) >= 11 is 5.30. The molecule has 2 heterocycles. The molecule has 0 saturated heterocycles. The van der Waals surface area contributed by atoms with Gasteiger partial charge in [-0.15, -0.1) is 5.10 Å². The number of halogens is 1. The number of nitrogens with zero attached hydrogens (tertiary/aromatic N) is 3. The van der Waals surface area contributed by atoms with E-state index in [9.17, 15) is 4.79 Å². The number of aryl methyl sites for hydroxylation is 1. The highest BCUT2D eigenvalue weighted by molar-refractivity contribution is 9.10. The summed E-state index contributed by atoms with van der Waals surface area (Å²) in [5.41, 5.74) is 5.00. The maximum absolute atomic E-state index is 14.0. The van der Waals surface area contributed by atoms with Gasteiger partial charge >= 0.3 is 0 Å². The number of fused-ring (bicyclic) bond motifs is 1. The van der Waals surface area contributed by atoms with Crippen LogP contribution in [0.15, 0.2) is 51.2 Å². The van der Waals surface area contributed by atoms with Gasteiger partial charge < -0.3 is 20.1 Å². The zero-order valence-corrected chi connectivity index (χ0v) is 25.9. The average molecular weight is 615 g/mol. The van der Waals surface area contributed by atoms with Crippen molar-refractivity contribution in [3.05, 3.63) is 62.8 Å². The van der Waals surface area contributed by atoms with E-state index in [1.807, 2.05) is 71.9 Å². The number of benzene rings is 2. The molecule has 1 amide bonds. The number of rotatable bonds is 10. The van der Waals surface area contributed by atoms with E-state index in [0.29, 0.717) is 40.5 Å². The molecular formula is C29H36BrN5O3S. The first kappa shape index (κ1) is 29.0. The number of anilines is 2. The number of carbonyl (C=O) groups excluding carboxylic acids is 1. The molecule has 4 rings (SSSR count). The Hall–Kier alpha value is -2.98. The number of amides is 1. The summed E-state index contributed by atoms with van der Waals surface area (Å²) in [6, 6.07) is 9.26. The first-order chi connectivity index (χ1) is 18.6. The fraction of sp³-hybridized carbons (Fsp3) is 0.414. The van der Waals surface area contributed by atoms with Crippen LogP contribution >= 0.6 is 27.7 Å².